The third-order valence-electron chi connectivity index (χ3n) is 4.62. The average molecular weight is 387 g/mol. The fourth-order valence-electron chi connectivity index (χ4n) is 3.22. The van der Waals surface area contributed by atoms with E-state index in [1.165, 1.54) is 29.7 Å². The van der Waals surface area contributed by atoms with Crippen LogP contribution in [-0.4, -0.2) is 51.9 Å². The lowest BCUT2D eigenvalue weighted by atomic mass is 10.0. The summed E-state index contributed by atoms with van der Waals surface area (Å²) < 4.78 is 0. The quantitative estimate of drug-likeness (QED) is 0.822. The molecule has 0 bridgehead atoms. The maximum absolute atomic E-state index is 12.4. The SMILES string of the molecule is CC(=O)N1CCCCC1CNC(=O)c1cnc(-c2cccc(C(=O)O)c2)s1. The van der Waals surface area contributed by atoms with E-state index in [9.17, 15) is 14.4 Å². The molecule has 7 nitrogen and oxygen atoms in total. The standard InChI is InChI=1S/C19H21N3O4S/c1-12(23)22-8-3-2-7-15(22)10-20-17(24)16-11-21-18(27-16)13-5-4-6-14(9-13)19(25)26/h4-6,9,11,15H,2-3,7-8,10H2,1H3,(H,20,24)(H,25,26). The number of carboxylic acids is 1. The number of carbonyl (C=O) groups excluding carboxylic acids is 2. The van der Waals surface area contributed by atoms with Gasteiger partial charge in [-0.15, -0.1) is 11.3 Å². The second-order valence-electron chi connectivity index (χ2n) is 6.49. The van der Waals surface area contributed by atoms with E-state index in [1.54, 1.807) is 19.1 Å². The van der Waals surface area contributed by atoms with Crippen LogP contribution in [0.4, 0.5) is 0 Å². The molecule has 1 aromatic heterocycles. The first-order valence-corrected chi connectivity index (χ1v) is 9.62. The summed E-state index contributed by atoms with van der Waals surface area (Å²) in [5.74, 6) is -1.21. The van der Waals surface area contributed by atoms with Gasteiger partial charge in [-0.3, -0.25) is 9.59 Å². The molecular weight excluding hydrogens is 366 g/mol. The van der Waals surface area contributed by atoms with Gasteiger partial charge in [-0.05, 0) is 31.4 Å². The summed E-state index contributed by atoms with van der Waals surface area (Å²) in [5.41, 5.74) is 0.837. The number of thiazole rings is 1. The maximum Gasteiger partial charge on any atom is 0.335 e. The molecule has 1 aliphatic heterocycles. The number of aromatic carboxylic acids is 1. The Kier molecular flexibility index (Phi) is 5.85. The van der Waals surface area contributed by atoms with Gasteiger partial charge in [0, 0.05) is 31.6 Å². The third-order valence-corrected chi connectivity index (χ3v) is 5.66. The van der Waals surface area contributed by atoms with Crippen LogP contribution in [0.2, 0.25) is 0 Å². The van der Waals surface area contributed by atoms with Crippen molar-refractivity contribution < 1.29 is 19.5 Å². The number of piperidine rings is 1. The molecule has 142 valence electrons. The van der Waals surface area contributed by atoms with Crippen molar-refractivity contribution in [1.82, 2.24) is 15.2 Å². The number of aromatic nitrogens is 1. The molecule has 1 aliphatic rings. The van der Waals surface area contributed by atoms with Crippen LogP contribution in [0, 0.1) is 0 Å². The first kappa shape index (κ1) is 19.0. The summed E-state index contributed by atoms with van der Waals surface area (Å²) in [4.78, 5) is 41.8. The molecule has 3 rings (SSSR count). The molecule has 1 saturated heterocycles. The van der Waals surface area contributed by atoms with Crippen molar-refractivity contribution in [2.45, 2.75) is 32.2 Å². The minimum atomic E-state index is -1.01. The minimum Gasteiger partial charge on any atom is -0.478 e. The van der Waals surface area contributed by atoms with E-state index < -0.39 is 5.97 Å². The van der Waals surface area contributed by atoms with Gasteiger partial charge in [-0.1, -0.05) is 12.1 Å². The van der Waals surface area contributed by atoms with Crippen molar-refractivity contribution in [3.8, 4) is 10.6 Å². The molecule has 1 atom stereocenters. The summed E-state index contributed by atoms with van der Waals surface area (Å²) in [6.45, 7) is 2.71. The van der Waals surface area contributed by atoms with Crippen molar-refractivity contribution in [3.63, 3.8) is 0 Å². The van der Waals surface area contributed by atoms with Gasteiger partial charge < -0.3 is 15.3 Å². The zero-order chi connectivity index (χ0) is 19.4. The van der Waals surface area contributed by atoms with E-state index in [0.717, 1.165) is 25.8 Å². The number of carboxylic acid groups (broad SMARTS) is 1. The van der Waals surface area contributed by atoms with E-state index in [1.807, 2.05) is 4.90 Å². The normalized spacial score (nSPS) is 16.8. The zero-order valence-corrected chi connectivity index (χ0v) is 15.8. The molecule has 2 aromatic rings. The second-order valence-corrected chi connectivity index (χ2v) is 7.52. The molecule has 0 spiro atoms. The fraction of sp³-hybridized carbons (Fsp3) is 0.368. The maximum atomic E-state index is 12.4. The highest BCUT2D eigenvalue weighted by Gasteiger charge is 2.25. The van der Waals surface area contributed by atoms with Crippen molar-refractivity contribution in [3.05, 3.63) is 40.9 Å². The van der Waals surface area contributed by atoms with Crippen LogP contribution in [-0.2, 0) is 4.79 Å². The van der Waals surface area contributed by atoms with E-state index >= 15 is 0 Å². The average Bonchev–Trinajstić information content (AvgIpc) is 3.16. The lowest BCUT2D eigenvalue weighted by molar-refractivity contribution is -0.132. The highest BCUT2D eigenvalue weighted by Crippen LogP contribution is 2.26. The fourth-order valence-corrected chi connectivity index (χ4v) is 4.05. The van der Waals surface area contributed by atoms with E-state index in [0.29, 0.717) is 22.0 Å². The molecule has 0 saturated carbocycles. The molecule has 2 heterocycles. The number of nitrogens with zero attached hydrogens (tertiary/aromatic N) is 2. The Morgan fingerprint density at radius 3 is 2.89 bits per heavy atom. The van der Waals surface area contributed by atoms with E-state index in [2.05, 4.69) is 10.3 Å². The number of nitrogens with one attached hydrogen (secondary N) is 1. The Hall–Kier alpha value is -2.74. The summed E-state index contributed by atoms with van der Waals surface area (Å²) in [6, 6.07) is 6.49. The van der Waals surface area contributed by atoms with Crippen LogP contribution in [0.3, 0.4) is 0 Å². The largest absolute Gasteiger partial charge is 0.478 e. The van der Waals surface area contributed by atoms with Gasteiger partial charge in [0.15, 0.2) is 0 Å². The monoisotopic (exact) mass is 387 g/mol. The second kappa shape index (κ2) is 8.30. The molecule has 0 radical (unpaired) electrons. The Balaban J connectivity index is 1.66. The van der Waals surface area contributed by atoms with Crippen molar-refractivity contribution in [1.29, 1.82) is 0 Å². The molecule has 8 heteroatoms. The number of rotatable bonds is 5. The van der Waals surface area contributed by atoms with Gasteiger partial charge >= 0.3 is 5.97 Å². The number of carbonyl (C=O) groups is 3. The molecule has 0 aliphatic carbocycles. The smallest absolute Gasteiger partial charge is 0.335 e. The summed E-state index contributed by atoms with van der Waals surface area (Å²) in [6.07, 6.45) is 4.43. The molecular formula is C19H21N3O4S. The Morgan fingerprint density at radius 2 is 2.15 bits per heavy atom. The van der Waals surface area contributed by atoms with E-state index in [-0.39, 0.29) is 23.4 Å². The first-order valence-electron chi connectivity index (χ1n) is 8.80. The highest BCUT2D eigenvalue weighted by molar-refractivity contribution is 7.16. The van der Waals surface area contributed by atoms with Gasteiger partial charge in [0.05, 0.1) is 11.8 Å². The number of likely N-dealkylation sites (tertiary alicyclic amines) is 1. The van der Waals surface area contributed by atoms with Crippen LogP contribution in [0.1, 0.15) is 46.2 Å². The Labute approximate surface area is 161 Å². The molecule has 2 N–H and O–H groups in total. The van der Waals surface area contributed by atoms with Gasteiger partial charge in [-0.25, -0.2) is 9.78 Å². The topological polar surface area (TPSA) is 99.6 Å². The molecule has 2 amide bonds. The van der Waals surface area contributed by atoms with Crippen LogP contribution in [0.5, 0.6) is 0 Å². The van der Waals surface area contributed by atoms with Crippen molar-refractivity contribution >= 4 is 29.1 Å². The van der Waals surface area contributed by atoms with Crippen molar-refractivity contribution in [2.75, 3.05) is 13.1 Å². The lowest BCUT2D eigenvalue weighted by Gasteiger charge is -2.35. The van der Waals surface area contributed by atoms with Gasteiger partial charge in [0.1, 0.15) is 9.88 Å². The number of benzene rings is 1. The van der Waals surface area contributed by atoms with Gasteiger partial charge in [0.25, 0.3) is 5.91 Å². The first-order chi connectivity index (χ1) is 13.0. The van der Waals surface area contributed by atoms with Crippen molar-refractivity contribution in [2.24, 2.45) is 0 Å². The minimum absolute atomic E-state index is 0.0276. The molecule has 1 fully saturated rings. The third kappa shape index (κ3) is 4.51. The number of amides is 2. The predicted octanol–water partition coefficient (Wildman–Crippen LogP) is 2.64. The predicted molar refractivity (Wildman–Crippen MR) is 102 cm³/mol. The van der Waals surface area contributed by atoms with Crippen LogP contribution < -0.4 is 5.32 Å². The van der Waals surface area contributed by atoms with E-state index in [4.69, 9.17) is 5.11 Å². The number of hydrogen-bond acceptors (Lipinski definition) is 5. The summed E-state index contributed by atoms with van der Waals surface area (Å²) in [7, 11) is 0. The summed E-state index contributed by atoms with van der Waals surface area (Å²) in [5, 5.41) is 12.6. The Bertz CT molecular complexity index is 864. The van der Waals surface area contributed by atoms with Crippen LogP contribution in [0.15, 0.2) is 30.5 Å². The summed E-state index contributed by atoms with van der Waals surface area (Å²) >= 11 is 1.21. The zero-order valence-electron chi connectivity index (χ0n) is 15.0. The van der Waals surface area contributed by atoms with Gasteiger partial charge in [0.2, 0.25) is 5.91 Å². The lowest BCUT2D eigenvalue weighted by Crippen LogP contribution is -2.48. The van der Waals surface area contributed by atoms with Crippen LogP contribution in [0.25, 0.3) is 10.6 Å². The highest BCUT2D eigenvalue weighted by atomic mass is 32.1. The Morgan fingerprint density at radius 1 is 1.33 bits per heavy atom. The molecule has 27 heavy (non-hydrogen) atoms. The number of hydrogen-bond donors (Lipinski definition) is 2. The van der Waals surface area contributed by atoms with Gasteiger partial charge in [-0.2, -0.15) is 0 Å². The molecule has 1 aromatic carbocycles. The molecule has 1 unspecified atom stereocenters. The van der Waals surface area contributed by atoms with Crippen LogP contribution >= 0.6 is 11.3 Å².